The van der Waals surface area contributed by atoms with Crippen LogP contribution in [0, 0.1) is 5.92 Å². The van der Waals surface area contributed by atoms with Crippen molar-refractivity contribution in [3.63, 3.8) is 0 Å². The summed E-state index contributed by atoms with van der Waals surface area (Å²) < 4.78 is 0. The number of H-pyrrole nitrogens is 1. The number of nitrogens with two attached hydrogens (primary N) is 2. The van der Waals surface area contributed by atoms with Gasteiger partial charge in [0.1, 0.15) is 18.1 Å². The number of carbonyl (C=O) groups excluding carboxylic acids is 4. The van der Waals surface area contributed by atoms with Gasteiger partial charge in [-0.15, -0.1) is 0 Å². The lowest BCUT2D eigenvalue weighted by molar-refractivity contribution is -0.142. The zero-order valence-electron chi connectivity index (χ0n) is 23.6. The third-order valence-corrected chi connectivity index (χ3v) is 6.91. The average Bonchev–Trinajstić information content (AvgIpc) is 3.36. The van der Waals surface area contributed by atoms with Crippen molar-refractivity contribution in [3.05, 3.63) is 71.9 Å². The van der Waals surface area contributed by atoms with E-state index in [0.717, 1.165) is 22.0 Å². The van der Waals surface area contributed by atoms with Crippen molar-refractivity contribution < 1.29 is 29.1 Å². The van der Waals surface area contributed by atoms with Crippen molar-refractivity contribution in [2.45, 2.75) is 63.7 Å². The Hall–Kier alpha value is -4.71. The predicted molar refractivity (Wildman–Crippen MR) is 157 cm³/mol. The first kappa shape index (κ1) is 31.8. The van der Waals surface area contributed by atoms with E-state index in [4.69, 9.17) is 11.5 Å². The van der Waals surface area contributed by atoms with E-state index in [1.54, 1.807) is 44.3 Å². The minimum Gasteiger partial charge on any atom is -0.480 e. The van der Waals surface area contributed by atoms with Crippen LogP contribution >= 0.6 is 0 Å². The number of aliphatic carboxylic acids is 1. The van der Waals surface area contributed by atoms with Crippen LogP contribution in [0.15, 0.2) is 60.8 Å². The first-order chi connectivity index (χ1) is 20.0. The van der Waals surface area contributed by atoms with Crippen molar-refractivity contribution in [2.24, 2.45) is 17.4 Å². The molecule has 0 spiro atoms. The van der Waals surface area contributed by atoms with E-state index in [-0.39, 0.29) is 31.6 Å². The molecule has 9 N–H and O–H groups in total. The van der Waals surface area contributed by atoms with Crippen LogP contribution in [0.2, 0.25) is 0 Å². The van der Waals surface area contributed by atoms with Crippen LogP contribution in [0.4, 0.5) is 0 Å². The van der Waals surface area contributed by atoms with Gasteiger partial charge in [-0.2, -0.15) is 0 Å². The number of rotatable bonds is 15. The summed E-state index contributed by atoms with van der Waals surface area (Å²) in [5.41, 5.74) is 13.3. The number of carbonyl (C=O) groups is 5. The third-order valence-electron chi connectivity index (χ3n) is 6.91. The van der Waals surface area contributed by atoms with E-state index in [1.165, 1.54) is 0 Å². The minimum atomic E-state index is -1.27. The van der Waals surface area contributed by atoms with Gasteiger partial charge in [-0.1, -0.05) is 62.4 Å². The number of benzene rings is 2. The fraction of sp³-hybridized carbons (Fsp3) is 0.367. The fourth-order valence-electron chi connectivity index (χ4n) is 4.54. The maximum atomic E-state index is 13.5. The number of para-hydroxylation sites is 1. The zero-order valence-corrected chi connectivity index (χ0v) is 23.6. The van der Waals surface area contributed by atoms with Gasteiger partial charge in [0.2, 0.25) is 23.6 Å². The molecule has 0 saturated heterocycles. The Labute approximate surface area is 243 Å². The lowest BCUT2D eigenvalue weighted by Gasteiger charge is -2.27. The molecule has 42 heavy (non-hydrogen) atoms. The van der Waals surface area contributed by atoms with E-state index in [2.05, 4.69) is 20.9 Å². The summed E-state index contributed by atoms with van der Waals surface area (Å²) in [5.74, 6) is -4.18. The Morgan fingerprint density at radius 3 is 2.12 bits per heavy atom. The molecule has 0 aliphatic carbocycles. The number of hydrogen-bond donors (Lipinski definition) is 7. The number of amides is 4. The molecule has 4 amide bonds. The Bertz CT molecular complexity index is 1410. The normalized spacial score (nSPS) is 14.0. The highest BCUT2D eigenvalue weighted by Gasteiger charge is 2.32. The summed E-state index contributed by atoms with van der Waals surface area (Å²) in [4.78, 5) is 65.9. The highest BCUT2D eigenvalue weighted by atomic mass is 16.4. The van der Waals surface area contributed by atoms with Crippen molar-refractivity contribution in [3.8, 4) is 0 Å². The van der Waals surface area contributed by atoms with Crippen LogP contribution in [0.25, 0.3) is 10.9 Å². The number of aromatic amines is 1. The molecule has 224 valence electrons. The molecule has 0 saturated carbocycles. The van der Waals surface area contributed by atoms with Gasteiger partial charge in [0.05, 0.1) is 6.04 Å². The van der Waals surface area contributed by atoms with Crippen molar-refractivity contribution in [1.82, 2.24) is 20.9 Å². The molecule has 1 aromatic heterocycles. The van der Waals surface area contributed by atoms with Gasteiger partial charge in [-0.25, -0.2) is 4.79 Å². The van der Waals surface area contributed by atoms with Crippen LogP contribution < -0.4 is 27.4 Å². The average molecular weight is 579 g/mol. The zero-order chi connectivity index (χ0) is 30.8. The van der Waals surface area contributed by atoms with Gasteiger partial charge in [-0.3, -0.25) is 19.2 Å². The standard InChI is InChI=1S/C30H38N6O6/c1-17(2)26(36-27(38)21(31)12-13-25(32)37)29(40)34-23(14-18-8-4-3-5-9-18)28(39)35-24(30(41)42)15-19-16-33-22-11-7-6-10-20(19)22/h3-11,16-17,21,23-24,26,33H,12-15,31H2,1-2H3,(H2,32,37)(H,34,40)(H,35,39)(H,36,38)(H,41,42). The summed E-state index contributed by atoms with van der Waals surface area (Å²) in [6.07, 6.45) is 1.73. The largest absolute Gasteiger partial charge is 0.480 e. The van der Waals surface area contributed by atoms with E-state index < -0.39 is 53.8 Å². The maximum absolute atomic E-state index is 13.5. The molecule has 1 heterocycles. The monoisotopic (exact) mass is 578 g/mol. The molecule has 0 aliphatic heterocycles. The SMILES string of the molecule is CC(C)C(NC(=O)C(N)CCC(N)=O)C(=O)NC(Cc1ccccc1)C(=O)NC(Cc1c[nH]c2ccccc12)C(=O)O. The molecule has 4 atom stereocenters. The second-order valence-corrected chi connectivity index (χ2v) is 10.6. The van der Waals surface area contributed by atoms with Crippen LogP contribution in [-0.4, -0.2) is 63.9 Å². The van der Waals surface area contributed by atoms with Crippen molar-refractivity contribution >= 4 is 40.5 Å². The highest BCUT2D eigenvalue weighted by molar-refractivity contribution is 5.94. The molecular weight excluding hydrogens is 540 g/mol. The molecule has 12 heteroatoms. The van der Waals surface area contributed by atoms with Crippen molar-refractivity contribution in [2.75, 3.05) is 0 Å². The highest BCUT2D eigenvalue weighted by Crippen LogP contribution is 2.19. The van der Waals surface area contributed by atoms with E-state index in [9.17, 15) is 29.1 Å². The lowest BCUT2D eigenvalue weighted by atomic mass is 9.99. The summed E-state index contributed by atoms with van der Waals surface area (Å²) in [6.45, 7) is 3.43. The number of hydrogen-bond acceptors (Lipinski definition) is 6. The van der Waals surface area contributed by atoms with Crippen LogP contribution in [0.3, 0.4) is 0 Å². The molecular formula is C30H38N6O6. The molecule has 0 fully saturated rings. The Morgan fingerprint density at radius 2 is 1.48 bits per heavy atom. The van der Waals surface area contributed by atoms with Crippen LogP contribution in [0.5, 0.6) is 0 Å². The van der Waals surface area contributed by atoms with Crippen LogP contribution in [-0.2, 0) is 36.8 Å². The van der Waals surface area contributed by atoms with Crippen LogP contribution in [0.1, 0.15) is 37.8 Å². The van der Waals surface area contributed by atoms with E-state index >= 15 is 0 Å². The van der Waals surface area contributed by atoms with Gasteiger partial charge in [0.25, 0.3) is 0 Å². The molecule has 3 aromatic rings. The summed E-state index contributed by atoms with van der Waals surface area (Å²) >= 11 is 0. The topological polar surface area (TPSA) is 209 Å². The number of carboxylic acids is 1. The Morgan fingerprint density at radius 1 is 0.833 bits per heavy atom. The molecule has 2 aromatic carbocycles. The fourth-order valence-corrected chi connectivity index (χ4v) is 4.54. The second-order valence-electron chi connectivity index (χ2n) is 10.6. The molecule has 0 bridgehead atoms. The first-order valence-electron chi connectivity index (χ1n) is 13.7. The molecule has 0 radical (unpaired) electrons. The number of primary amides is 1. The number of fused-ring (bicyclic) bond motifs is 1. The van der Waals surface area contributed by atoms with E-state index in [1.807, 2.05) is 30.3 Å². The van der Waals surface area contributed by atoms with Crippen molar-refractivity contribution in [1.29, 1.82) is 0 Å². The summed E-state index contributed by atoms with van der Waals surface area (Å²) in [6, 6.07) is 11.9. The Kier molecular flexibility index (Phi) is 11.2. The third kappa shape index (κ3) is 8.90. The quantitative estimate of drug-likeness (QED) is 0.137. The van der Waals surface area contributed by atoms with Gasteiger partial charge in [-0.05, 0) is 29.5 Å². The van der Waals surface area contributed by atoms with Gasteiger partial charge in [0, 0.05) is 36.4 Å². The Balaban J connectivity index is 1.78. The van der Waals surface area contributed by atoms with Gasteiger partial charge < -0.3 is 37.5 Å². The molecule has 0 aliphatic rings. The maximum Gasteiger partial charge on any atom is 0.326 e. The number of carboxylic acid groups (broad SMARTS) is 1. The smallest absolute Gasteiger partial charge is 0.326 e. The number of aromatic nitrogens is 1. The van der Waals surface area contributed by atoms with E-state index in [0.29, 0.717) is 0 Å². The predicted octanol–water partition coefficient (Wildman–Crippen LogP) is 0.741. The lowest BCUT2D eigenvalue weighted by Crippen LogP contribution is -2.59. The molecule has 12 nitrogen and oxygen atoms in total. The number of nitrogens with one attached hydrogen (secondary N) is 4. The molecule has 3 rings (SSSR count). The first-order valence-corrected chi connectivity index (χ1v) is 13.7. The molecule has 4 unspecified atom stereocenters. The van der Waals surface area contributed by atoms with Gasteiger partial charge in [0.15, 0.2) is 0 Å². The van der Waals surface area contributed by atoms with Gasteiger partial charge >= 0.3 is 5.97 Å². The second kappa shape index (κ2) is 14.8. The summed E-state index contributed by atoms with van der Waals surface area (Å²) in [5, 5.41) is 18.7. The minimum absolute atomic E-state index is 0.0135. The summed E-state index contributed by atoms with van der Waals surface area (Å²) in [7, 11) is 0.